The number of hydrogen-bond acceptors (Lipinski definition) is 12. The Balaban J connectivity index is 1.19. The number of phenolic OH excluding ortho intramolecular Hbond substituents is 1. The molecule has 0 aliphatic carbocycles. The van der Waals surface area contributed by atoms with E-state index in [1.165, 1.54) is 98.1 Å². The van der Waals surface area contributed by atoms with Gasteiger partial charge in [-0.3, -0.25) is 24.0 Å². The maximum Gasteiger partial charge on any atom is 0.339 e. The summed E-state index contributed by atoms with van der Waals surface area (Å²) in [6, 6.07) is 24.7. The second-order valence-electron chi connectivity index (χ2n) is 12.5. The summed E-state index contributed by atoms with van der Waals surface area (Å²) in [7, 11) is 2.35. The molecule has 0 aliphatic rings. The summed E-state index contributed by atoms with van der Waals surface area (Å²) in [6.45, 7) is 0. The van der Waals surface area contributed by atoms with Crippen LogP contribution in [0.5, 0.6) is 23.0 Å². The lowest BCUT2D eigenvalue weighted by Crippen LogP contribution is -2.43. The Morgan fingerprint density at radius 2 is 1.03 bits per heavy atom. The zero-order chi connectivity index (χ0) is 43.5. The summed E-state index contributed by atoms with van der Waals surface area (Å²) in [6.07, 6.45) is -0.371. The molecule has 5 aromatic rings. The molecular weight excluding hydrogens is 778 g/mol. The molecule has 0 bridgehead atoms. The number of carboxylic acid groups (broad SMARTS) is 1. The van der Waals surface area contributed by atoms with E-state index in [0.29, 0.717) is 16.8 Å². The Labute approximate surface area is 340 Å². The van der Waals surface area contributed by atoms with Gasteiger partial charge < -0.3 is 51.4 Å². The number of carboxylic acids is 1. The van der Waals surface area contributed by atoms with E-state index in [0.717, 1.165) is 13.2 Å². The first-order valence-corrected chi connectivity index (χ1v) is 17.4. The lowest BCUT2D eigenvalue weighted by atomic mass is 10.1. The monoisotopic (exact) mass is 811 g/mol. The van der Waals surface area contributed by atoms with E-state index in [2.05, 4.69) is 26.6 Å². The molecule has 5 aromatic carbocycles. The van der Waals surface area contributed by atoms with Crippen molar-refractivity contribution in [3.05, 3.63) is 130 Å². The molecule has 1 atom stereocenters. The van der Waals surface area contributed by atoms with Crippen molar-refractivity contribution < 1.29 is 53.6 Å². The van der Waals surface area contributed by atoms with Crippen molar-refractivity contribution in [3.8, 4) is 35.1 Å². The topological polar surface area (TPSA) is 289 Å². The minimum atomic E-state index is -1.43. The average molecular weight is 812 g/mol. The molecule has 5 rings (SSSR count). The molecule has 60 heavy (non-hydrogen) atoms. The Hall–Kier alpha value is -8.90. The molecule has 0 heterocycles. The van der Waals surface area contributed by atoms with E-state index in [1.54, 1.807) is 0 Å². The van der Waals surface area contributed by atoms with Crippen LogP contribution in [0.3, 0.4) is 0 Å². The molecule has 302 valence electrons. The third-order valence-electron chi connectivity index (χ3n) is 8.66. The molecule has 0 saturated heterocycles. The maximum absolute atomic E-state index is 13.2. The summed E-state index contributed by atoms with van der Waals surface area (Å²) in [5.41, 5.74) is 0.696. The Kier molecular flexibility index (Phi) is 13.3. The molecule has 18 nitrogen and oxygen atoms in total. The van der Waals surface area contributed by atoms with E-state index >= 15 is 0 Å². The lowest BCUT2D eigenvalue weighted by molar-refractivity contribution is -0.117. The van der Waals surface area contributed by atoms with Gasteiger partial charge in [-0.05, 0) is 97.1 Å². The highest BCUT2D eigenvalue weighted by atomic mass is 16.5. The van der Waals surface area contributed by atoms with E-state index in [-0.39, 0.29) is 51.7 Å². The average Bonchev–Trinajstić information content (AvgIpc) is 3.24. The number of ether oxygens (including phenoxy) is 2. The van der Waals surface area contributed by atoms with E-state index in [1.807, 2.05) is 12.1 Å². The fraction of sp³-hybridized carbons (Fsp3) is 0.0952. The Bertz CT molecular complexity index is 2580. The fourth-order valence-electron chi connectivity index (χ4n) is 5.57. The highest BCUT2D eigenvalue weighted by Crippen LogP contribution is 2.40. The van der Waals surface area contributed by atoms with E-state index < -0.39 is 58.6 Å². The molecule has 0 saturated carbocycles. The van der Waals surface area contributed by atoms with Gasteiger partial charge in [0.1, 0.15) is 11.6 Å². The smallest absolute Gasteiger partial charge is 0.339 e. The second kappa shape index (κ2) is 18.8. The first kappa shape index (κ1) is 42.2. The number of aromatic hydroxyl groups is 2. The molecule has 18 heteroatoms. The highest BCUT2D eigenvalue weighted by molar-refractivity contribution is 6.10. The van der Waals surface area contributed by atoms with Gasteiger partial charge in [-0.25, -0.2) is 4.79 Å². The largest absolute Gasteiger partial charge is 0.504 e. The van der Waals surface area contributed by atoms with Crippen LogP contribution in [0, 0.1) is 22.7 Å². The predicted molar refractivity (Wildman–Crippen MR) is 214 cm³/mol. The first-order chi connectivity index (χ1) is 28.8. The van der Waals surface area contributed by atoms with E-state index in [9.17, 15) is 49.3 Å². The molecule has 5 amide bonds. The number of rotatable bonds is 14. The third kappa shape index (κ3) is 9.72. The van der Waals surface area contributed by atoms with Crippen LogP contribution in [0.4, 0.5) is 22.7 Å². The normalized spacial score (nSPS) is 10.7. The Morgan fingerprint density at radius 3 is 1.53 bits per heavy atom. The summed E-state index contributed by atoms with van der Waals surface area (Å²) in [4.78, 5) is 76.3. The predicted octanol–water partition coefficient (Wildman–Crippen LogP) is 5.09. The minimum absolute atomic E-state index is 0.0208. The van der Waals surface area contributed by atoms with Crippen LogP contribution in [0.15, 0.2) is 97.1 Å². The Morgan fingerprint density at radius 1 is 0.583 bits per heavy atom. The van der Waals surface area contributed by atoms with Crippen molar-refractivity contribution in [1.82, 2.24) is 5.32 Å². The quantitative estimate of drug-likeness (QED) is 0.0726. The number of benzene rings is 5. The van der Waals surface area contributed by atoms with Gasteiger partial charge >= 0.3 is 5.97 Å². The number of nitriles is 2. The van der Waals surface area contributed by atoms with Gasteiger partial charge in [-0.2, -0.15) is 10.5 Å². The van der Waals surface area contributed by atoms with E-state index in [4.69, 9.17) is 14.7 Å². The summed E-state index contributed by atoms with van der Waals surface area (Å²) >= 11 is 0. The molecular formula is C42H33N7O11. The molecule has 0 spiro atoms. The SMILES string of the molecule is COc1c(NC(=O)c2ccc(NC(=O)c3ccc(NC(=O)C(CC#N)NC(=O)c4ccc(NC(=O)c5ccc(C#N)cc5)cc4)cc3)c(OC)c2O)ccc(C(=O)O)c1O. The fourth-order valence-corrected chi connectivity index (χ4v) is 5.57. The molecule has 0 fully saturated rings. The van der Waals surface area contributed by atoms with Gasteiger partial charge in [-0.1, -0.05) is 0 Å². The van der Waals surface area contributed by atoms with Gasteiger partial charge in [0, 0.05) is 28.1 Å². The highest BCUT2D eigenvalue weighted by Gasteiger charge is 2.25. The first-order valence-electron chi connectivity index (χ1n) is 17.4. The molecule has 0 aliphatic heterocycles. The summed E-state index contributed by atoms with van der Waals surface area (Å²) in [5, 5.41) is 61.5. The number of amides is 5. The van der Waals surface area contributed by atoms with Crippen LogP contribution in [-0.4, -0.2) is 71.1 Å². The number of carbonyl (C=O) groups is 6. The molecule has 0 radical (unpaired) electrons. The number of nitrogens with zero attached hydrogens (tertiary/aromatic N) is 2. The second-order valence-corrected chi connectivity index (χ2v) is 12.5. The summed E-state index contributed by atoms with van der Waals surface area (Å²) < 4.78 is 10.3. The number of hydrogen-bond donors (Lipinski definition) is 8. The number of aromatic carboxylic acids is 1. The number of methoxy groups -OCH3 is 2. The van der Waals surface area contributed by atoms with Crippen molar-refractivity contribution in [3.63, 3.8) is 0 Å². The molecule has 8 N–H and O–H groups in total. The van der Waals surface area contributed by atoms with Gasteiger partial charge in [-0.15, -0.1) is 0 Å². The maximum atomic E-state index is 13.2. The minimum Gasteiger partial charge on any atom is -0.504 e. The standard InChI is InChI=1S/C42H33N7O11/c1-59-35-30(17-15-28(33(35)50)40(55)48-31-18-16-29(42(57)58)34(51)36(31)60-2)47-38(53)24-9-13-27(14-10-24)46-41(56)32(19-20-43)49-39(54)25-7-11-26(12-8-25)45-37(52)23-5-3-22(21-44)4-6-23/h3-18,32,50-51H,19H2,1-2H3,(H,45,52)(H,46,56)(H,47,53)(H,48,55)(H,49,54)(H,57,58). The van der Waals surface area contributed by atoms with Crippen molar-refractivity contribution in [1.29, 1.82) is 10.5 Å². The molecule has 0 aromatic heterocycles. The van der Waals surface area contributed by atoms with Crippen LogP contribution in [0.25, 0.3) is 0 Å². The number of nitrogens with one attached hydrogen (secondary N) is 5. The van der Waals surface area contributed by atoms with Crippen molar-refractivity contribution in [2.75, 3.05) is 35.5 Å². The summed E-state index contributed by atoms with van der Waals surface area (Å²) in [5.74, 6) is -6.78. The van der Waals surface area contributed by atoms with Crippen molar-refractivity contribution in [2.24, 2.45) is 0 Å². The third-order valence-corrected chi connectivity index (χ3v) is 8.66. The van der Waals surface area contributed by atoms with Crippen molar-refractivity contribution in [2.45, 2.75) is 12.5 Å². The molecule has 1 unspecified atom stereocenters. The van der Waals surface area contributed by atoms with Crippen LogP contribution in [0.2, 0.25) is 0 Å². The lowest BCUT2D eigenvalue weighted by Gasteiger charge is -2.17. The van der Waals surface area contributed by atoms with Gasteiger partial charge in [0.2, 0.25) is 5.91 Å². The van der Waals surface area contributed by atoms with Gasteiger partial charge in [0.05, 0.1) is 55.3 Å². The zero-order valence-corrected chi connectivity index (χ0v) is 31.5. The van der Waals surface area contributed by atoms with Crippen LogP contribution in [0.1, 0.15) is 63.8 Å². The number of anilines is 4. The van der Waals surface area contributed by atoms with Gasteiger partial charge in [0.25, 0.3) is 23.6 Å². The van der Waals surface area contributed by atoms with Gasteiger partial charge in [0.15, 0.2) is 23.0 Å². The van der Waals surface area contributed by atoms with Crippen LogP contribution in [-0.2, 0) is 4.79 Å². The number of phenols is 2. The number of carbonyl (C=O) groups excluding carboxylic acids is 5. The van der Waals surface area contributed by atoms with Crippen LogP contribution >= 0.6 is 0 Å². The van der Waals surface area contributed by atoms with Crippen molar-refractivity contribution >= 4 is 58.3 Å². The zero-order valence-electron chi connectivity index (χ0n) is 31.5. The van der Waals surface area contributed by atoms with Crippen LogP contribution < -0.4 is 36.1 Å².